The second-order valence-electron chi connectivity index (χ2n) is 14.4. The molecular formula is C51H36N4S. The Morgan fingerprint density at radius 2 is 1.16 bits per heavy atom. The van der Waals surface area contributed by atoms with Gasteiger partial charge < -0.3 is 9.88 Å². The van der Waals surface area contributed by atoms with Crippen molar-refractivity contribution in [3.63, 3.8) is 0 Å². The Morgan fingerprint density at radius 3 is 2.00 bits per heavy atom. The van der Waals surface area contributed by atoms with Gasteiger partial charge in [0.25, 0.3) is 0 Å². The van der Waals surface area contributed by atoms with Crippen molar-refractivity contribution in [2.75, 3.05) is 0 Å². The number of hydrogen-bond donors (Lipinski definition) is 2. The van der Waals surface area contributed by atoms with Crippen LogP contribution in [-0.4, -0.2) is 10.4 Å². The summed E-state index contributed by atoms with van der Waals surface area (Å²) >= 11 is 1.88. The summed E-state index contributed by atoms with van der Waals surface area (Å²) in [6.45, 7) is 0. The van der Waals surface area contributed by atoms with Crippen molar-refractivity contribution in [3.05, 3.63) is 211 Å². The van der Waals surface area contributed by atoms with Crippen molar-refractivity contribution >= 4 is 59.2 Å². The summed E-state index contributed by atoms with van der Waals surface area (Å²) in [7, 11) is 0. The fourth-order valence-corrected chi connectivity index (χ4v) is 9.61. The third-order valence-electron chi connectivity index (χ3n) is 11.1. The molecule has 0 saturated carbocycles. The summed E-state index contributed by atoms with van der Waals surface area (Å²) in [6.07, 6.45) is -0.313. The van der Waals surface area contributed by atoms with Crippen LogP contribution in [0.2, 0.25) is 0 Å². The van der Waals surface area contributed by atoms with Gasteiger partial charge in [0.05, 0.1) is 11.0 Å². The zero-order valence-corrected chi connectivity index (χ0v) is 31.2. The Kier molecular flexibility index (Phi) is 7.87. The molecule has 0 aliphatic carbocycles. The molecule has 266 valence electrons. The first kappa shape index (κ1) is 32.6. The standard InChI is InChI=1S/C51H36N4S/c1-4-14-33(15-5-1)36-27-29-45-44(31-36)41-28-26-37(40-23-13-24-43-42-22-10-11-25-47(42)56-48(40)43)32-46(41)55(45)39-21-12-20-38(30-39)51-53-49(34-16-6-2-7-17-34)52-50(54-51)35-18-8-3-9-19-35/h1-32,49-50,52H,(H,53,54). The number of rotatable bonds is 6. The molecule has 0 saturated heterocycles. The first-order valence-corrected chi connectivity index (χ1v) is 19.9. The predicted molar refractivity (Wildman–Crippen MR) is 236 cm³/mol. The number of aliphatic imine (C=N–C) groups is 1. The van der Waals surface area contributed by atoms with Crippen LogP contribution in [0.15, 0.2) is 199 Å². The second kappa shape index (κ2) is 13.5. The van der Waals surface area contributed by atoms with Crippen LogP contribution in [0.4, 0.5) is 0 Å². The number of nitrogens with one attached hydrogen (secondary N) is 2. The Labute approximate surface area is 329 Å². The highest BCUT2D eigenvalue weighted by Crippen LogP contribution is 2.42. The highest BCUT2D eigenvalue weighted by Gasteiger charge is 2.26. The van der Waals surface area contributed by atoms with Gasteiger partial charge in [0.2, 0.25) is 0 Å². The van der Waals surface area contributed by atoms with Crippen LogP contribution in [0.25, 0.3) is 69.9 Å². The molecule has 2 atom stereocenters. The second-order valence-corrected chi connectivity index (χ2v) is 15.5. The lowest BCUT2D eigenvalue weighted by Crippen LogP contribution is -2.44. The lowest BCUT2D eigenvalue weighted by atomic mass is 10.00. The molecule has 11 rings (SSSR count). The average molecular weight is 737 g/mol. The van der Waals surface area contributed by atoms with Crippen molar-refractivity contribution in [2.24, 2.45) is 4.99 Å². The summed E-state index contributed by atoms with van der Waals surface area (Å²) in [5.41, 5.74) is 11.6. The normalized spacial score (nSPS) is 15.7. The average Bonchev–Trinajstić information content (AvgIpc) is 3.82. The van der Waals surface area contributed by atoms with E-state index in [1.165, 1.54) is 64.2 Å². The van der Waals surface area contributed by atoms with Gasteiger partial charge in [-0.15, -0.1) is 11.3 Å². The minimum atomic E-state index is -0.204. The molecule has 2 unspecified atom stereocenters. The van der Waals surface area contributed by atoms with E-state index >= 15 is 0 Å². The molecule has 56 heavy (non-hydrogen) atoms. The highest BCUT2D eigenvalue weighted by atomic mass is 32.1. The van der Waals surface area contributed by atoms with E-state index in [1.807, 2.05) is 11.3 Å². The van der Waals surface area contributed by atoms with Crippen molar-refractivity contribution in [1.82, 2.24) is 15.2 Å². The first-order valence-electron chi connectivity index (χ1n) is 19.1. The first-order chi connectivity index (χ1) is 27.7. The smallest absolute Gasteiger partial charge is 0.131 e. The van der Waals surface area contributed by atoms with Crippen LogP contribution in [0.5, 0.6) is 0 Å². The maximum Gasteiger partial charge on any atom is 0.131 e. The molecule has 0 spiro atoms. The largest absolute Gasteiger partial charge is 0.350 e. The molecule has 8 aromatic carbocycles. The maximum atomic E-state index is 5.28. The SMILES string of the molecule is c1ccc(-c2ccc3c(c2)c2ccc(-c4cccc5c4sc4ccccc45)cc2n3-c2cccc(C3=NC(c4ccccc4)NC(c4ccccc4)N3)c2)cc1. The Bertz CT molecular complexity index is 3090. The lowest BCUT2D eigenvalue weighted by molar-refractivity contribution is 0.409. The molecule has 0 amide bonds. The molecule has 3 heterocycles. The number of amidine groups is 1. The van der Waals surface area contributed by atoms with Crippen LogP contribution < -0.4 is 10.6 Å². The van der Waals surface area contributed by atoms with Crippen molar-refractivity contribution < 1.29 is 0 Å². The van der Waals surface area contributed by atoms with Crippen molar-refractivity contribution in [3.8, 4) is 27.9 Å². The summed E-state index contributed by atoms with van der Waals surface area (Å²) in [5.74, 6) is 0.859. The van der Waals surface area contributed by atoms with Crippen LogP contribution in [0, 0.1) is 0 Å². The number of hydrogen-bond acceptors (Lipinski definition) is 4. The molecule has 2 N–H and O–H groups in total. The molecule has 0 radical (unpaired) electrons. The van der Waals surface area contributed by atoms with E-state index in [-0.39, 0.29) is 12.3 Å². The Balaban J connectivity index is 1.10. The van der Waals surface area contributed by atoms with Gasteiger partial charge in [-0.3, -0.25) is 5.32 Å². The molecule has 1 aliphatic rings. The summed E-state index contributed by atoms with van der Waals surface area (Å²) < 4.78 is 5.07. The predicted octanol–water partition coefficient (Wildman–Crippen LogP) is 12.8. The lowest BCUT2D eigenvalue weighted by Gasteiger charge is -2.32. The minimum Gasteiger partial charge on any atom is -0.350 e. The van der Waals surface area contributed by atoms with Crippen LogP contribution in [0.3, 0.4) is 0 Å². The monoisotopic (exact) mass is 736 g/mol. The van der Waals surface area contributed by atoms with Crippen molar-refractivity contribution in [2.45, 2.75) is 12.3 Å². The zero-order valence-electron chi connectivity index (χ0n) is 30.4. The molecule has 5 heteroatoms. The Morgan fingerprint density at radius 1 is 0.464 bits per heavy atom. The van der Waals surface area contributed by atoms with E-state index in [2.05, 4.69) is 209 Å². The molecule has 1 aliphatic heterocycles. The number of fused-ring (bicyclic) bond motifs is 6. The van der Waals surface area contributed by atoms with Gasteiger partial charge in [-0.25, -0.2) is 4.99 Å². The molecular weight excluding hydrogens is 701 g/mol. The third-order valence-corrected chi connectivity index (χ3v) is 12.3. The van der Waals surface area contributed by atoms with E-state index < -0.39 is 0 Å². The van der Waals surface area contributed by atoms with E-state index in [4.69, 9.17) is 4.99 Å². The van der Waals surface area contributed by atoms with E-state index in [0.717, 1.165) is 28.2 Å². The van der Waals surface area contributed by atoms with Gasteiger partial charge in [-0.1, -0.05) is 158 Å². The molecule has 0 fully saturated rings. The maximum absolute atomic E-state index is 5.28. The quantitative estimate of drug-likeness (QED) is 0.178. The van der Waals surface area contributed by atoms with Gasteiger partial charge in [0.15, 0.2) is 0 Å². The fourth-order valence-electron chi connectivity index (χ4n) is 8.37. The van der Waals surface area contributed by atoms with Crippen LogP contribution in [-0.2, 0) is 0 Å². The number of nitrogens with zero attached hydrogens (tertiary/aromatic N) is 2. The van der Waals surface area contributed by atoms with Gasteiger partial charge in [-0.05, 0) is 69.8 Å². The topological polar surface area (TPSA) is 41.4 Å². The van der Waals surface area contributed by atoms with Gasteiger partial charge in [0, 0.05) is 42.2 Å². The number of aromatic nitrogens is 1. The van der Waals surface area contributed by atoms with Gasteiger partial charge in [-0.2, -0.15) is 0 Å². The third kappa shape index (κ3) is 5.60. The number of thiophene rings is 1. The van der Waals surface area contributed by atoms with Crippen molar-refractivity contribution in [1.29, 1.82) is 0 Å². The summed E-state index contributed by atoms with van der Waals surface area (Å²) in [5, 5.41) is 12.6. The molecule has 10 aromatic rings. The van der Waals surface area contributed by atoms with Crippen LogP contribution >= 0.6 is 11.3 Å². The van der Waals surface area contributed by atoms with E-state index in [0.29, 0.717) is 0 Å². The molecule has 0 bridgehead atoms. The number of benzene rings is 8. The van der Waals surface area contributed by atoms with Crippen LogP contribution in [0.1, 0.15) is 29.0 Å². The van der Waals surface area contributed by atoms with Gasteiger partial charge >= 0.3 is 0 Å². The molecule has 4 nitrogen and oxygen atoms in total. The summed E-state index contributed by atoms with van der Waals surface area (Å²) in [4.78, 5) is 5.28. The van der Waals surface area contributed by atoms with E-state index in [1.54, 1.807) is 0 Å². The fraction of sp³-hybridized carbons (Fsp3) is 0.0392. The van der Waals surface area contributed by atoms with E-state index in [9.17, 15) is 0 Å². The van der Waals surface area contributed by atoms with Gasteiger partial charge in [0.1, 0.15) is 18.2 Å². The zero-order chi connectivity index (χ0) is 37.0. The molecule has 2 aromatic heterocycles. The minimum absolute atomic E-state index is 0.110. The Hall–Kier alpha value is -6.79. The highest BCUT2D eigenvalue weighted by molar-refractivity contribution is 7.26. The summed E-state index contributed by atoms with van der Waals surface area (Å²) in [6, 6.07) is 69.9.